The number of anilines is 1. The summed E-state index contributed by atoms with van der Waals surface area (Å²) in [5.41, 5.74) is 4.32. The van der Waals surface area contributed by atoms with E-state index in [0.29, 0.717) is 13.0 Å². The number of fused-ring (bicyclic) bond motifs is 1. The van der Waals surface area contributed by atoms with Crippen LogP contribution in [0.4, 0.5) is 5.69 Å². The van der Waals surface area contributed by atoms with Crippen molar-refractivity contribution in [2.24, 2.45) is 0 Å². The molecule has 1 amide bonds. The Morgan fingerprint density at radius 3 is 2.89 bits per heavy atom. The molecule has 2 aromatic carbocycles. The minimum Gasteiger partial charge on any atom is -0.379 e. The van der Waals surface area contributed by atoms with E-state index in [1.165, 1.54) is 11.1 Å². The summed E-state index contributed by atoms with van der Waals surface area (Å²) in [7, 11) is 0. The molecule has 1 aliphatic heterocycles. The van der Waals surface area contributed by atoms with E-state index in [2.05, 4.69) is 52.6 Å². The molecule has 3 aromatic rings. The van der Waals surface area contributed by atoms with Crippen molar-refractivity contribution in [2.75, 3.05) is 31.6 Å². The number of nitrogens with one attached hydrogen (secondary N) is 1. The van der Waals surface area contributed by atoms with Gasteiger partial charge >= 0.3 is 0 Å². The summed E-state index contributed by atoms with van der Waals surface area (Å²) in [5.74, 6) is -0.000663. The number of rotatable bonds is 6. The first-order chi connectivity index (χ1) is 13.7. The van der Waals surface area contributed by atoms with Crippen LogP contribution in [0.15, 0.2) is 48.7 Å². The number of aromatic nitrogens is 2. The molecule has 1 aromatic heterocycles. The van der Waals surface area contributed by atoms with Crippen molar-refractivity contribution in [3.8, 4) is 0 Å². The molecule has 28 heavy (non-hydrogen) atoms. The largest absolute Gasteiger partial charge is 0.379 e. The third-order valence-corrected chi connectivity index (χ3v) is 5.07. The summed E-state index contributed by atoms with van der Waals surface area (Å²) in [4.78, 5) is 14.8. The summed E-state index contributed by atoms with van der Waals surface area (Å²) in [6, 6.07) is 14.3. The summed E-state index contributed by atoms with van der Waals surface area (Å²) in [5, 5.41) is 8.54. The molecular weight excluding hydrogens is 352 g/mol. The molecule has 0 radical (unpaired) electrons. The minimum atomic E-state index is -0.000663. The lowest BCUT2D eigenvalue weighted by Gasteiger charge is -2.26. The third kappa shape index (κ3) is 4.58. The van der Waals surface area contributed by atoms with Gasteiger partial charge in [-0.25, -0.2) is 0 Å². The van der Waals surface area contributed by atoms with E-state index in [-0.39, 0.29) is 5.91 Å². The average Bonchev–Trinajstić information content (AvgIpc) is 3.09. The van der Waals surface area contributed by atoms with Gasteiger partial charge < -0.3 is 10.1 Å². The van der Waals surface area contributed by atoms with E-state index >= 15 is 0 Å². The molecule has 0 aliphatic carbocycles. The normalized spacial score (nSPS) is 15.0. The number of aryl methyl sites for hydroxylation is 2. The SMILES string of the molecule is Cc1ccc2c(cnn2CCC(=O)Nc2cccc(CN3CCOCC3)c2)c1. The second-order valence-corrected chi connectivity index (χ2v) is 7.32. The van der Waals surface area contributed by atoms with Gasteiger partial charge in [0.05, 0.1) is 31.5 Å². The Morgan fingerprint density at radius 2 is 2.04 bits per heavy atom. The number of hydrogen-bond donors (Lipinski definition) is 1. The molecule has 0 saturated carbocycles. The van der Waals surface area contributed by atoms with Crippen molar-refractivity contribution < 1.29 is 9.53 Å². The highest BCUT2D eigenvalue weighted by Crippen LogP contribution is 2.17. The second kappa shape index (κ2) is 8.54. The van der Waals surface area contributed by atoms with Crippen LogP contribution in [-0.4, -0.2) is 46.9 Å². The van der Waals surface area contributed by atoms with Crippen molar-refractivity contribution in [1.29, 1.82) is 0 Å². The van der Waals surface area contributed by atoms with Crippen LogP contribution in [0.25, 0.3) is 10.9 Å². The fraction of sp³-hybridized carbons (Fsp3) is 0.364. The maximum absolute atomic E-state index is 12.4. The van der Waals surface area contributed by atoms with Gasteiger partial charge in [-0.15, -0.1) is 0 Å². The van der Waals surface area contributed by atoms with E-state index in [1.54, 1.807) is 0 Å². The molecule has 6 heteroatoms. The maximum Gasteiger partial charge on any atom is 0.226 e. The van der Waals surface area contributed by atoms with Crippen LogP contribution >= 0.6 is 0 Å². The molecule has 0 unspecified atom stereocenters. The quantitative estimate of drug-likeness (QED) is 0.716. The van der Waals surface area contributed by atoms with E-state index in [4.69, 9.17) is 4.74 Å². The Balaban J connectivity index is 1.33. The van der Waals surface area contributed by atoms with Crippen molar-refractivity contribution in [1.82, 2.24) is 14.7 Å². The Kier molecular flexibility index (Phi) is 5.69. The monoisotopic (exact) mass is 378 g/mol. The molecule has 2 heterocycles. The molecule has 1 N–H and O–H groups in total. The van der Waals surface area contributed by atoms with Crippen molar-refractivity contribution in [2.45, 2.75) is 26.4 Å². The lowest BCUT2D eigenvalue weighted by molar-refractivity contribution is -0.116. The van der Waals surface area contributed by atoms with Gasteiger partial charge in [0.2, 0.25) is 5.91 Å². The van der Waals surface area contributed by atoms with Crippen LogP contribution in [0, 0.1) is 6.92 Å². The number of morpholine rings is 1. The average molecular weight is 378 g/mol. The van der Waals surface area contributed by atoms with Crippen molar-refractivity contribution in [3.05, 3.63) is 59.8 Å². The van der Waals surface area contributed by atoms with Gasteiger partial charge in [-0.3, -0.25) is 14.4 Å². The zero-order valence-corrected chi connectivity index (χ0v) is 16.2. The predicted molar refractivity (Wildman–Crippen MR) is 110 cm³/mol. The first-order valence-corrected chi connectivity index (χ1v) is 9.78. The fourth-order valence-electron chi connectivity index (χ4n) is 3.58. The third-order valence-electron chi connectivity index (χ3n) is 5.07. The zero-order chi connectivity index (χ0) is 19.3. The van der Waals surface area contributed by atoms with Crippen LogP contribution in [0.2, 0.25) is 0 Å². The van der Waals surface area contributed by atoms with Crippen LogP contribution in [-0.2, 0) is 22.6 Å². The fourth-order valence-corrected chi connectivity index (χ4v) is 3.58. The number of carbonyl (C=O) groups excluding carboxylic acids is 1. The van der Waals surface area contributed by atoms with Gasteiger partial charge in [-0.2, -0.15) is 5.10 Å². The van der Waals surface area contributed by atoms with Gasteiger partial charge in [-0.05, 0) is 36.8 Å². The number of nitrogens with zero attached hydrogens (tertiary/aromatic N) is 3. The molecule has 146 valence electrons. The molecular formula is C22H26N4O2. The standard InChI is InChI=1S/C22H26N4O2/c1-17-5-6-21-19(13-17)15-23-26(21)8-7-22(27)24-20-4-2-3-18(14-20)16-25-9-11-28-12-10-25/h2-6,13-15H,7-12,16H2,1H3,(H,24,27). The number of carbonyl (C=O) groups is 1. The van der Waals surface area contributed by atoms with Crippen molar-refractivity contribution in [3.63, 3.8) is 0 Å². The Labute approximate surface area is 165 Å². The molecule has 1 fully saturated rings. The summed E-state index contributed by atoms with van der Waals surface area (Å²) < 4.78 is 7.29. The number of hydrogen-bond acceptors (Lipinski definition) is 4. The van der Waals surface area contributed by atoms with E-state index in [1.807, 2.05) is 23.0 Å². The molecule has 6 nitrogen and oxygen atoms in total. The van der Waals surface area contributed by atoms with Gasteiger partial charge in [0.15, 0.2) is 0 Å². The molecule has 4 rings (SSSR count). The second-order valence-electron chi connectivity index (χ2n) is 7.32. The highest BCUT2D eigenvalue weighted by atomic mass is 16.5. The van der Waals surface area contributed by atoms with Gasteiger partial charge in [0, 0.05) is 37.1 Å². The van der Waals surface area contributed by atoms with E-state index < -0.39 is 0 Å². The predicted octanol–water partition coefficient (Wildman–Crippen LogP) is 3.21. The zero-order valence-electron chi connectivity index (χ0n) is 16.2. The highest BCUT2D eigenvalue weighted by molar-refractivity contribution is 5.90. The van der Waals surface area contributed by atoms with Gasteiger partial charge in [0.25, 0.3) is 0 Å². The highest BCUT2D eigenvalue weighted by Gasteiger charge is 2.11. The van der Waals surface area contributed by atoms with E-state index in [9.17, 15) is 4.79 Å². The number of ether oxygens (including phenoxy) is 1. The van der Waals surface area contributed by atoms with Crippen LogP contribution < -0.4 is 5.32 Å². The molecule has 1 aliphatic rings. The van der Waals surface area contributed by atoms with Crippen LogP contribution in [0.1, 0.15) is 17.5 Å². The molecule has 0 bridgehead atoms. The number of amides is 1. The van der Waals surface area contributed by atoms with Crippen LogP contribution in [0.5, 0.6) is 0 Å². The maximum atomic E-state index is 12.4. The van der Waals surface area contributed by atoms with Gasteiger partial charge in [-0.1, -0.05) is 23.8 Å². The van der Waals surface area contributed by atoms with Gasteiger partial charge in [0.1, 0.15) is 0 Å². The number of benzene rings is 2. The topological polar surface area (TPSA) is 59.4 Å². The summed E-state index contributed by atoms with van der Waals surface area (Å²) in [6.07, 6.45) is 2.24. The van der Waals surface area contributed by atoms with E-state index in [0.717, 1.165) is 49.4 Å². The lowest BCUT2D eigenvalue weighted by atomic mass is 10.1. The molecule has 0 spiro atoms. The summed E-state index contributed by atoms with van der Waals surface area (Å²) in [6.45, 7) is 6.99. The Morgan fingerprint density at radius 1 is 1.18 bits per heavy atom. The first kappa shape index (κ1) is 18.7. The molecule has 1 saturated heterocycles. The first-order valence-electron chi connectivity index (χ1n) is 9.78. The lowest BCUT2D eigenvalue weighted by Crippen LogP contribution is -2.35. The smallest absolute Gasteiger partial charge is 0.226 e. The Hall–Kier alpha value is -2.70. The summed E-state index contributed by atoms with van der Waals surface area (Å²) >= 11 is 0. The Bertz CT molecular complexity index is 960. The minimum absolute atomic E-state index is 0.000663. The molecule has 0 atom stereocenters. The van der Waals surface area contributed by atoms with Crippen LogP contribution in [0.3, 0.4) is 0 Å². The van der Waals surface area contributed by atoms with Crippen molar-refractivity contribution >= 4 is 22.5 Å².